The first-order valence-corrected chi connectivity index (χ1v) is 8.38. The second-order valence-electron chi connectivity index (χ2n) is 6.06. The van der Waals surface area contributed by atoms with Crippen LogP contribution in [0.3, 0.4) is 0 Å². The minimum absolute atomic E-state index is 0.216. The summed E-state index contributed by atoms with van der Waals surface area (Å²) in [6, 6.07) is 0. The monoisotopic (exact) mass is 304 g/mol. The maximum Gasteiger partial charge on any atom is 0.121 e. The predicted octanol–water partition coefficient (Wildman–Crippen LogP) is 7.33. The van der Waals surface area contributed by atoms with Crippen LogP contribution in [0.1, 0.15) is 60.3 Å². The van der Waals surface area contributed by atoms with Crippen LogP contribution in [0.25, 0.3) is 0 Å². The Bertz CT molecular complexity index is 449. The van der Waals surface area contributed by atoms with Gasteiger partial charge < -0.3 is 0 Å². The van der Waals surface area contributed by atoms with Crippen LogP contribution < -0.4 is 0 Å². The summed E-state index contributed by atoms with van der Waals surface area (Å²) < 4.78 is 13.4. The van der Waals surface area contributed by atoms with Gasteiger partial charge in [-0.2, -0.15) is 0 Å². The molecule has 1 heteroatoms. The lowest BCUT2D eigenvalue weighted by Gasteiger charge is -2.22. The molecule has 0 amide bonds. The molecule has 0 saturated carbocycles. The molecule has 0 spiro atoms. The van der Waals surface area contributed by atoms with E-state index in [0.717, 1.165) is 12.8 Å². The number of halogens is 1. The van der Waals surface area contributed by atoms with E-state index in [1.54, 1.807) is 13.0 Å². The second kappa shape index (κ2) is 11.2. The first-order chi connectivity index (χ1) is 10.3. The van der Waals surface area contributed by atoms with Gasteiger partial charge >= 0.3 is 0 Å². The van der Waals surface area contributed by atoms with Crippen molar-refractivity contribution in [2.75, 3.05) is 0 Å². The lowest BCUT2D eigenvalue weighted by atomic mass is 9.83. The number of hydrogen-bond donors (Lipinski definition) is 0. The average Bonchev–Trinajstić information content (AvgIpc) is 2.47. The van der Waals surface area contributed by atoms with Crippen LogP contribution in [0.4, 0.5) is 4.39 Å². The normalized spacial score (nSPS) is 15.9. The summed E-state index contributed by atoms with van der Waals surface area (Å²) in [5.41, 5.74) is 3.00. The zero-order valence-electron chi connectivity index (χ0n) is 15.1. The molecule has 0 saturated heterocycles. The standard InChI is InChI=1S/C21H33F/c1-8-10-11-13-17(5)19(7)20(9-2)18(6)14-12-15-21(22)16(3)4/h11,13-15,17,20H,3,7-10,12H2,1-2,4-6H3/b13-11-,18-14+,21-15+. The Morgan fingerprint density at radius 2 is 1.77 bits per heavy atom. The highest BCUT2D eigenvalue weighted by Gasteiger charge is 2.16. The molecule has 2 atom stereocenters. The highest BCUT2D eigenvalue weighted by molar-refractivity contribution is 5.24. The quantitative estimate of drug-likeness (QED) is 0.293. The molecule has 0 aliphatic carbocycles. The number of hydrogen-bond acceptors (Lipinski definition) is 0. The van der Waals surface area contributed by atoms with Crippen LogP contribution in [0.15, 0.2) is 60.0 Å². The van der Waals surface area contributed by atoms with E-state index in [-0.39, 0.29) is 5.83 Å². The Kier molecular flexibility index (Phi) is 10.5. The number of unbranched alkanes of at least 4 members (excludes halogenated alkanes) is 1. The first-order valence-electron chi connectivity index (χ1n) is 8.38. The van der Waals surface area contributed by atoms with Gasteiger partial charge in [0.1, 0.15) is 5.83 Å². The van der Waals surface area contributed by atoms with E-state index in [0.29, 0.717) is 23.8 Å². The lowest BCUT2D eigenvalue weighted by molar-refractivity contribution is 0.616. The molecule has 0 rings (SSSR count). The van der Waals surface area contributed by atoms with Gasteiger partial charge in [0.25, 0.3) is 0 Å². The molecule has 0 aliphatic rings. The Hall–Kier alpha value is -1.37. The molecule has 22 heavy (non-hydrogen) atoms. The summed E-state index contributed by atoms with van der Waals surface area (Å²) in [5, 5.41) is 0. The van der Waals surface area contributed by atoms with Crippen LogP contribution in [0.2, 0.25) is 0 Å². The molecule has 2 unspecified atom stereocenters. The molecule has 124 valence electrons. The molecule has 0 fully saturated rings. The predicted molar refractivity (Wildman–Crippen MR) is 98.5 cm³/mol. The zero-order chi connectivity index (χ0) is 17.1. The van der Waals surface area contributed by atoms with E-state index < -0.39 is 0 Å². The van der Waals surface area contributed by atoms with Crippen LogP contribution in [0.5, 0.6) is 0 Å². The third-order valence-electron chi connectivity index (χ3n) is 4.02. The summed E-state index contributed by atoms with van der Waals surface area (Å²) in [6.45, 7) is 18.3. The summed E-state index contributed by atoms with van der Waals surface area (Å²) in [5.74, 6) is 0.525. The minimum atomic E-state index is -0.216. The van der Waals surface area contributed by atoms with Crippen molar-refractivity contribution >= 4 is 0 Å². The molecule has 0 N–H and O–H groups in total. The molecule has 0 nitrogen and oxygen atoms in total. The molecular weight excluding hydrogens is 271 g/mol. The molecule has 0 bridgehead atoms. The van der Waals surface area contributed by atoms with Crippen molar-refractivity contribution < 1.29 is 4.39 Å². The third-order valence-corrected chi connectivity index (χ3v) is 4.02. The van der Waals surface area contributed by atoms with Crippen molar-refractivity contribution in [2.45, 2.75) is 60.3 Å². The maximum absolute atomic E-state index is 13.4. The van der Waals surface area contributed by atoms with E-state index >= 15 is 0 Å². The van der Waals surface area contributed by atoms with Gasteiger partial charge in [-0.3, -0.25) is 0 Å². The van der Waals surface area contributed by atoms with Gasteiger partial charge in [0.2, 0.25) is 0 Å². The smallest absolute Gasteiger partial charge is 0.121 e. The van der Waals surface area contributed by atoms with E-state index in [2.05, 4.69) is 59.1 Å². The Balaban J connectivity index is 4.83. The third kappa shape index (κ3) is 7.59. The summed E-state index contributed by atoms with van der Waals surface area (Å²) >= 11 is 0. The van der Waals surface area contributed by atoms with E-state index in [1.807, 2.05) is 0 Å². The van der Waals surface area contributed by atoms with E-state index in [9.17, 15) is 4.39 Å². The maximum atomic E-state index is 13.4. The molecule has 0 radical (unpaired) electrons. The highest BCUT2D eigenvalue weighted by atomic mass is 19.1. The lowest BCUT2D eigenvalue weighted by Crippen LogP contribution is -2.09. The van der Waals surface area contributed by atoms with Crippen molar-refractivity contribution in [3.8, 4) is 0 Å². The fourth-order valence-corrected chi connectivity index (χ4v) is 2.45. The van der Waals surface area contributed by atoms with Gasteiger partial charge in [0.05, 0.1) is 0 Å². The molecule has 0 aromatic rings. The summed E-state index contributed by atoms with van der Waals surface area (Å²) in [6.07, 6.45) is 12.1. The fraction of sp³-hybridized carbons (Fsp3) is 0.524. The molecule has 0 aliphatic heterocycles. The van der Waals surface area contributed by atoms with Crippen LogP contribution in [0, 0.1) is 11.8 Å². The van der Waals surface area contributed by atoms with Crippen molar-refractivity contribution in [3.05, 3.63) is 60.0 Å². The topological polar surface area (TPSA) is 0 Å². The average molecular weight is 304 g/mol. The molecular formula is C21H33F. The zero-order valence-corrected chi connectivity index (χ0v) is 15.1. The van der Waals surface area contributed by atoms with Gasteiger partial charge in [-0.1, -0.05) is 69.7 Å². The van der Waals surface area contributed by atoms with Crippen LogP contribution in [-0.2, 0) is 0 Å². The Labute approximate surface area is 137 Å². The van der Waals surface area contributed by atoms with Crippen molar-refractivity contribution in [1.82, 2.24) is 0 Å². The summed E-state index contributed by atoms with van der Waals surface area (Å²) in [4.78, 5) is 0. The SMILES string of the molecule is C=C(C)/C(F)=C\C/C=C(\C)C(CC)C(=C)C(C)/C=C\CCC. The Morgan fingerprint density at radius 1 is 1.14 bits per heavy atom. The first kappa shape index (κ1) is 20.6. The molecule has 0 aromatic carbocycles. The number of allylic oxidation sites excluding steroid dienone is 8. The van der Waals surface area contributed by atoms with Crippen molar-refractivity contribution in [2.24, 2.45) is 11.8 Å². The van der Waals surface area contributed by atoms with Gasteiger partial charge in [0.15, 0.2) is 0 Å². The molecule has 0 heterocycles. The second-order valence-corrected chi connectivity index (χ2v) is 6.06. The summed E-state index contributed by atoms with van der Waals surface area (Å²) in [7, 11) is 0. The van der Waals surface area contributed by atoms with Gasteiger partial charge in [0, 0.05) is 5.92 Å². The van der Waals surface area contributed by atoms with E-state index in [1.165, 1.54) is 17.6 Å². The van der Waals surface area contributed by atoms with E-state index in [4.69, 9.17) is 0 Å². The number of rotatable bonds is 10. The fourth-order valence-electron chi connectivity index (χ4n) is 2.45. The minimum Gasteiger partial charge on any atom is -0.207 e. The van der Waals surface area contributed by atoms with Crippen LogP contribution in [-0.4, -0.2) is 0 Å². The van der Waals surface area contributed by atoms with Gasteiger partial charge in [-0.25, -0.2) is 4.39 Å². The largest absolute Gasteiger partial charge is 0.207 e. The van der Waals surface area contributed by atoms with Gasteiger partial charge in [-0.15, -0.1) is 0 Å². The van der Waals surface area contributed by atoms with Crippen molar-refractivity contribution in [3.63, 3.8) is 0 Å². The Morgan fingerprint density at radius 3 is 2.27 bits per heavy atom. The van der Waals surface area contributed by atoms with Crippen molar-refractivity contribution in [1.29, 1.82) is 0 Å². The molecule has 0 aromatic heterocycles. The van der Waals surface area contributed by atoms with Gasteiger partial charge in [-0.05, 0) is 50.7 Å². The highest BCUT2D eigenvalue weighted by Crippen LogP contribution is 2.29. The van der Waals surface area contributed by atoms with Crippen LogP contribution >= 0.6 is 0 Å².